The smallest absolute Gasteiger partial charge is 0.436 e. The van der Waals surface area contributed by atoms with Gasteiger partial charge in [-0.2, -0.15) is 17.9 Å². The number of nitrogens with two attached hydrogens (primary N) is 1. The summed E-state index contributed by atoms with van der Waals surface area (Å²) in [5, 5.41) is 12.6. The van der Waals surface area contributed by atoms with E-state index in [-0.39, 0.29) is 11.3 Å². The van der Waals surface area contributed by atoms with Gasteiger partial charge in [0.05, 0.1) is 6.61 Å². The Hall–Kier alpha value is -2.66. The minimum absolute atomic E-state index is 0.114. The normalized spacial score (nSPS) is 11.6. The molecule has 0 aromatic carbocycles. The predicted molar refractivity (Wildman–Crippen MR) is 54.6 cm³/mol. The molecule has 0 aliphatic carbocycles. The number of rotatable bonds is 3. The summed E-state index contributed by atoms with van der Waals surface area (Å²) < 4.78 is 48.0. The Bertz CT molecular complexity index is 634. The summed E-state index contributed by atoms with van der Waals surface area (Å²) in [7, 11) is 0. The van der Waals surface area contributed by atoms with Gasteiger partial charge in [0.25, 0.3) is 0 Å². The molecule has 0 saturated carbocycles. The fraction of sp³-hybridized carbons (Fsp3) is 0.375. The average Bonchev–Trinajstić information content (AvgIpc) is 2.93. The minimum atomic E-state index is -4.93. The Morgan fingerprint density at radius 3 is 2.65 bits per heavy atom. The van der Waals surface area contributed by atoms with Gasteiger partial charge in [0.2, 0.25) is 17.3 Å². The van der Waals surface area contributed by atoms with Crippen LogP contribution in [0.5, 0.6) is 0 Å². The van der Waals surface area contributed by atoms with Crippen molar-refractivity contribution >= 4 is 11.8 Å². The highest BCUT2D eigenvalue weighted by Crippen LogP contribution is 2.33. The quantitative estimate of drug-likeness (QED) is 0.808. The van der Waals surface area contributed by atoms with Gasteiger partial charge in [-0.3, -0.25) is 0 Å². The first-order valence-electron chi connectivity index (χ1n) is 5.14. The number of hydrogen-bond donors (Lipinski definition) is 1. The minimum Gasteiger partial charge on any atom is -0.461 e. The van der Waals surface area contributed by atoms with Crippen LogP contribution in [0.1, 0.15) is 23.1 Å². The molecule has 0 unspecified atom stereocenters. The summed E-state index contributed by atoms with van der Waals surface area (Å²) in [4.78, 5) is 11.5. The maximum atomic E-state index is 13.0. The van der Waals surface area contributed by atoms with Crippen LogP contribution in [0.3, 0.4) is 0 Å². The van der Waals surface area contributed by atoms with Gasteiger partial charge in [-0.1, -0.05) is 5.21 Å². The average molecular weight is 292 g/mol. The van der Waals surface area contributed by atoms with E-state index in [1.165, 1.54) is 6.92 Å². The molecular weight excluding hydrogens is 285 g/mol. The van der Waals surface area contributed by atoms with E-state index < -0.39 is 35.2 Å². The van der Waals surface area contributed by atoms with Crippen LogP contribution in [-0.4, -0.2) is 37.9 Å². The van der Waals surface area contributed by atoms with Gasteiger partial charge in [0.15, 0.2) is 5.69 Å². The lowest BCUT2D eigenvalue weighted by Crippen LogP contribution is -2.19. The maximum Gasteiger partial charge on any atom is 0.436 e. The van der Waals surface area contributed by atoms with Crippen LogP contribution >= 0.6 is 0 Å². The highest BCUT2D eigenvalue weighted by Gasteiger charge is 2.43. The van der Waals surface area contributed by atoms with Crippen molar-refractivity contribution in [1.29, 1.82) is 0 Å². The van der Waals surface area contributed by atoms with Crippen molar-refractivity contribution in [2.24, 2.45) is 0 Å². The van der Waals surface area contributed by atoms with Crippen molar-refractivity contribution in [2.45, 2.75) is 13.1 Å². The van der Waals surface area contributed by atoms with E-state index in [4.69, 9.17) is 5.73 Å². The van der Waals surface area contributed by atoms with E-state index in [1.807, 2.05) is 0 Å². The summed E-state index contributed by atoms with van der Waals surface area (Å²) in [6, 6.07) is 0. The summed E-state index contributed by atoms with van der Waals surface area (Å²) in [5.41, 5.74) is 2.82. The van der Waals surface area contributed by atoms with E-state index >= 15 is 0 Å². The fourth-order valence-electron chi connectivity index (χ4n) is 1.36. The summed E-state index contributed by atoms with van der Waals surface area (Å²) in [6.07, 6.45) is -4.93. The van der Waals surface area contributed by atoms with Crippen molar-refractivity contribution < 1.29 is 27.3 Å². The lowest BCUT2D eigenvalue weighted by atomic mass is 10.3. The van der Waals surface area contributed by atoms with Crippen LogP contribution < -0.4 is 5.73 Å². The monoisotopic (exact) mass is 292 g/mol. The molecule has 0 atom stereocenters. The van der Waals surface area contributed by atoms with Crippen molar-refractivity contribution in [3.8, 4) is 5.82 Å². The zero-order valence-electron chi connectivity index (χ0n) is 9.88. The van der Waals surface area contributed by atoms with Crippen LogP contribution in [0.4, 0.5) is 19.0 Å². The van der Waals surface area contributed by atoms with Crippen molar-refractivity contribution in [1.82, 2.24) is 25.3 Å². The van der Waals surface area contributed by atoms with Crippen molar-refractivity contribution in [3.63, 3.8) is 0 Å². The first-order valence-corrected chi connectivity index (χ1v) is 5.14. The number of alkyl halides is 3. The number of hydrogen-bond acceptors (Lipinski definition) is 8. The Balaban J connectivity index is 2.60. The number of carbonyl (C=O) groups excluding carboxylic acids is 1. The first kappa shape index (κ1) is 13.8. The van der Waals surface area contributed by atoms with Gasteiger partial charge in [0.1, 0.15) is 0 Å². The Morgan fingerprint density at radius 2 is 2.15 bits per heavy atom. The molecule has 9 nitrogen and oxygen atoms in total. The molecule has 0 bridgehead atoms. The third-order valence-corrected chi connectivity index (χ3v) is 2.10. The second kappa shape index (κ2) is 4.79. The van der Waals surface area contributed by atoms with Crippen LogP contribution in [0.25, 0.3) is 5.82 Å². The standard InChI is InChI=1S/C8H7F3N6O3/c1-2-19-7(18)3-4(8(9,10)11)17(16-13-3)6-5(12)14-20-15-6/h2H2,1H3,(H2,12,14). The zero-order chi connectivity index (χ0) is 14.9. The molecule has 2 heterocycles. The second-order valence-corrected chi connectivity index (χ2v) is 3.39. The summed E-state index contributed by atoms with van der Waals surface area (Å²) in [5.74, 6) is -2.22. The van der Waals surface area contributed by atoms with E-state index in [1.54, 1.807) is 0 Å². The number of anilines is 1. The molecule has 0 spiro atoms. The first-order chi connectivity index (χ1) is 9.36. The number of halogens is 3. The molecule has 20 heavy (non-hydrogen) atoms. The number of aromatic nitrogens is 5. The zero-order valence-corrected chi connectivity index (χ0v) is 9.88. The molecule has 2 aromatic heterocycles. The van der Waals surface area contributed by atoms with Crippen LogP contribution in [0.2, 0.25) is 0 Å². The number of esters is 1. The van der Waals surface area contributed by atoms with Crippen LogP contribution in [0.15, 0.2) is 4.63 Å². The lowest BCUT2D eigenvalue weighted by Gasteiger charge is -2.08. The molecule has 2 rings (SSSR count). The summed E-state index contributed by atoms with van der Waals surface area (Å²) >= 11 is 0. The summed E-state index contributed by atoms with van der Waals surface area (Å²) in [6.45, 7) is 1.33. The molecule has 12 heteroatoms. The number of ether oxygens (including phenoxy) is 1. The topological polar surface area (TPSA) is 122 Å². The van der Waals surface area contributed by atoms with Crippen LogP contribution in [0, 0.1) is 0 Å². The third kappa shape index (κ3) is 2.26. The molecule has 0 radical (unpaired) electrons. The molecule has 0 aliphatic rings. The number of carbonyl (C=O) groups is 1. The highest BCUT2D eigenvalue weighted by molar-refractivity contribution is 5.88. The Morgan fingerprint density at radius 1 is 1.45 bits per heavy atom. The molecule has 2 N–H and O–H groups in total. The molecule has 0 aliphatic heterocycles. The van der Waals surface area contributed by atoms with E-state index in [2.05, 4.69) is 30.0 Å². The molecular formula is C8H7F3N6O3. The van der Waals surface area contributed by atoms with Gasteiger partial charge < -0.3 is 10.5 Å². The number of nitrogen functional groups attached to an aromatic ring is 1. The molecule has 0 amide bonds. The van der Waals surface area contributed by atoms with Gasteiger partial charge in [-0.25, -0.2) is 9.42 Å². The lowest BCUT2D eigenvalue weighted by molar-refractivity contribution is -0.143. The third-order valence-electron chi connectivity index (χ3n) is 2.10. The molecule has 0 fully saturated rings. The van der Waals surface area contributed by atoms with Crippen LogP contribution in [-0.2, 0) is 10.9 Å². The van der Waals surface area contributed by atoms with E-state index in [0.29, 0.717) is 0 Å². The van der Waals surface area contributed by atoms with Gasteiger partial charge >= 0.3 is 12.1 Å². The highest BCUT2D eigenvalue weighted by atomic mass is 19.4. The van der Waals surface area contributed by atoms with Gasteiger partial charge in [-0.15, -0.1) is 5.10 Å². The van der Waals surface area contributed by atoms with E-state index in [0.717, 1.165) is 0 Å². The van der Waals surface area contributed by atoms with Crippen molar-refractivity contribution in [2.75, 3.05) is 12.3 Å². The fourth-order valence-corrected chi connectivity index (χ4v) is 1.36. The Kier molecular flexibility index (Phi) is 3.29. The Labute approximate surface area is 108 Å². The predicted octanol–water partition coefficient (Wildman–Crippen LogP) is 0.428. The second-order valence-electron chi connectivity index (χ2n) is 3.39. The van der Waals surface area contributed by atoms with Gasteiger partial charge in [-0.05, 0) is 17.2 Å². The molecule has 0 saturated heterocycles. The molecule has 108 valence electrons. The van der Waals surface area contributed by atoms with Gasteiger partial charge in [0, 0.05) is 0 Å². The maximum absolute atomic E-state index is 13.0. The number of nitrogens with zero attached hydrogens (tertiary/aromatic N) is 5. The van der Waals surface area contributed by atoms with Crippen molar-refractivity contribution in [3.05, 3.63) is 11.4 Å². The van der Waals surface area contributed by atoms with E-state index in [9.17, 15) is 18.0 Å². The molecule has 2 aromatic rings. The largest absolute Gasteiger partial charge is 0.461 e. The SMILES string of the molecule is CCOC(=O)c1nnn(-c2nonc2N)c1C(F)(F)F.